The number of methoxy groups -OCH3 is 3. The van der Waals surface area contributed by atoms with Gasteiger partial charge in [0.15, 0.2) is 17.5 Å². The molecule has 0 saturated carbocycles. The molecular weight excluding hydrogens is 356 g/mol. The van der Waals surface area contributed by atoms with Crippen molar-refractivity contribution in [3.8, 4) is 17.2 Å². The van der Waals surface area contributed by atoms with Gasteiger partial charge in [-0.3, -0.25) is 0 Å². The molecular formula is C21H36N4O3. The lowest BCUT2D eigenvalue weighted by atomic mass is 9.99. The highest BCUT2D eigenvalue weighted by Gasteiger charge is 2.15. The van der Waals surface area contributed by atoms with E-state index >= 15 is 0 Å². The molecule has 158 valence electrons. The number of ether oxygens (including phenoxy) is 3. The summed E-state index contributed by atoms with van der Waals surface area (Å²) in [5.41, 5.74) is 0.997. The largest absolute Gasteiger partial charge is 0.493 e. The first-order chi connectivity index (χ1) is 13.6. The van der Waals surface area contributed by atoms with Crippen molar-refractivity contribution in [2.45, 2.75) is 33.2 Å². The first-order valence-electron chi connectivity index (χ1n) is 10.1. The molecule has 1 aliphatic rings. The predicted molar refractivity (Wildman–Crippen MR) is 114 cm³/mol. The van der Waals surface area contributed by atoms with Gasteiger partial charge in [-0.2, -0.15) is 0 Å². The molecule has 1 aromatic carbocycles. The average Bonchev–Trinajstić information content (AvgIpc) is 2.72. The first kappa shape index (κ1) is 22.1. The Morgan fingerprint density at radius 2 is 1.71 bits per heavy atom. The molecule has 2 rings (SSSR count). The van der Waals surface area contributed by atoms with Gasteiger partial charge < -0.3 is 29.7 Å². The molecule has 1 fully saturated rings. The van der Waals surface area contributed by atoms with Gasteiger partial charge in [-0.25, -0.2) is 4.99 Å². The molecule has 1 aromatic rings. The summed E-state index contributed by atoms with van der Waals surface area (Å²) in [7, 11) is 4.85. The fraction of sp³-hybridized carbons (Fsp3) is 0.667. The summed E-state index contributed by atoms with van der Waals surface area (Å²) < 4.78 is 16.2. The van der Waals surface area contributed by atoms with Gasteiger partial charge in [0.2, 0.25) is 5.75 Å². The van der Waals surface area contributed by atoms with Crippen molar-refractivity contribution in [1.29, 1.82) is 0 Å². The Hall–Kier alpha value is -2.15. The molecule has 0 unspecified atom stereocenters. The number of benzene rings is 1. The highest BCUT2D eigenvalue weighted by Crippen LogP contribution is 2.38. The highest BCUT2D eigenvalue weighted by molar-refractivity contribution is 5.79. The molecule has 7 heteroatoms. The van der Waals surface area contributed by atoms with Crippen LogP contribution in [-0.4, -0.2) is 64.9 Å². The van der Waals surface area contributed by atoms with Crippen molar-refractivity contribution in [1.82, 2.24) is 15.5 Å². The number of guanidine groups is 1. The summed E-state index contributed by atoms with van der Waals surface area (Å²) >= 11 is 0. The maximum absolute atomic E-state index is 5.42. The normalized spacial score (nSPS) is 16.0. The van der Waals surface area contributed by atoms with E-state index in [0.29, 0.717) is 23.8 Å². The van der Waals surface area contributed by atoms with Gasteiger partial charge >= 0.3 is 0 Å². The van der Waals surface area contributed by atoms with Crippen molar-refractivity contribution in [3.05, 3.63) is 17.7 Å². The summed E-state index contributed by atoms with van der Waals surface area (Å²) in [6, 6.07) is 3.87. The summed E-state index contributed by atoms with van der Waals surface area (Å²) in [5.74, 6) is 3.57. The third-order valence-corrected chi connectivity index (χ3v) is 5.09. The highest BCUT2D eigenvalue weighted by atomic mass is 16.5. The lowest BCUT2D eigenvalue weighted by Crippen LogP contribution is -2.43. The molecule has 1 heterocycles. The number of aliphatic imine (C=N–C) groups is 1. The molecule has 1 aliphatic heterocycles. The fourth-order valence-corrected chi connectivity index (χ4v) is 3.36. The van der Waals surface area contributed by atoms with Crippen LogP contribution in [0.5, 0.6) is 17.2 Å². The van der Waals surface area contributed by atoms with Crippen LogP contribution < -0.4 is 24.8 Å². The van der Waals surface area contributed by atoms with Crippen LogP contribution in [0.2, 0.25) is 0 Å². The van der Waals surface area contributed by atoms with Crippen molar-refractivity contribution >= 4 is 5.96 Å². The Morgan fingerprint density at radius 1 is 1.07 bits per heavy atom. The van der Waals surface area contributed by atoms with Gasteiger partial charge in [0.1, 0.15) is 0 Å². The minimum atomic E-state index is 0.521. The number of hydrogen-bond acceptors (Lipinski definition) is 5. The Labute approximate surface area is 169 Å². The Kier molecular flexibility index (Phi) is 9.20. The average molecular weight is 393 g/mol. The van der Waals surface area contributed by atoms with Gasteiger partial charge in [0.25, 0.3) is 0 Å². The monoisotopic (exact) mass is 392 g/mol. The zero-order chi connectivity index (χ0) is 20.4. The molecule has 0 aromatic heterocycles. The summed E-state index contributed by atoms with van der Waals surface area (Å²) in [6.07, 6.45) is 2.60. The molecule has 2 N–H and O–H groups in total. The summed E-state index contributed by atoms with van der Waals surface area (Å²) in [4.78, 5) is 7.23. The lowest BCUT2D eigenvalue weighted by Gasteiger charge is -2.30. The van der Waals surface area contributed by atoms with Crippen LogP contribution in [0.3, 0.4) is 0 Å². The number of likely N-dealkylation sites (tertiary alicyclic amines) is 1. The molecule has 0 atom stereocenters. The predicted octanol–water partition coefficient (Wildman–Crippen LogP) is 2.50. The second-order valence-electron chi connectivity index (χ2n) is 7.18. The van der Waals surface area contributed by atoms with E-state index in [1.54, 1.807) is 21.3 Å². The Bertz CT molecular complexity index is 603. The molecule has 0 spiro atoms. The second-order valence-corrected chi connectivity index (χ2v) is 7.18. The van der Waals surface area contributed by atoms with Crippen molar-refractivity contribution < 1.29 is 14.2 Å². The van der Waals surface area contributed by atoms with E-state index < -0.39 is 0 Å². The molecule has 7 nitrogen and oxygen atoms in total. The van der Waals surface area contributed by atoms with Gasteiger partial charge in [0.05, 0.1) is 27.9 Å². The van der Waals surface area contributed by atoms with Crippen LogP contribution in [0.15, 0.2) is 17.1 Å². The first-order valence-corrected chi connectivity index (χ1v) is 10.1. The van der Waals surface area contributed by atoms with E-state index in [1.165, 1.54) is 25.9 Å². The van der Waals surface area contributed by atoms with Gasteiger partial charge in [0, 0.05) is 19.6 Å². The lowest BCUT2D eigenvalue weighted by molar-refractivity contribution is 0.195. The van der Waals surface area contributed by atoms with E-state index in [2.05, 4.69) is 29.4 Å². The molecule has 1 saturated heterocycles. The van der Waals surface area contributed by atoms with Crippen LogP contribution >= 0.6 is 0 Å². The quantitative estimate of drug-likeness (QED) is 0.497. The number of nitrogens with one attached hydrogen (secondary N) is 2. The third-order valence-electron chi connectivity index (χ3n) is 5.09. The fourth-order valence-electron chi connectivity index (χ4n) is 3.36. The van der Waals surface area contributed by atoms with Gasteiger partial charge in [-0.05, 0) is 56.5 Å². The molecule has 28 heavy (non-hydrogen) atoms. The van der Waals surface area contributed by atoms with E-state index in [0.717, 1.165) is 37.1 Å². The van der Waals surface area contributed by atoms with E-state index in [1.807, 2.05) is 12.1 Å². The number of piperidine rings is 1. The topological polar surface area (TPSA) is 67.4 Å². The SMILES string of the molecule is CCNC(=NCc1cc(OC)c(OC)c(OC)c1)NCCN1CCC(C)CC1. The van der Waals surface area contributed by atoms with Crippen molar-refractivity contribution in [2.24, 2.45) is 10.9 Å². The maximum Gasteiger partial charge on any atom is 0.203 e. The van der Waals surface area contributed by atoms with Crippen molar-refractivity contribution in [3.63, 3.8) is 0 Å². The van der Waals surface area contributed by atoms with Crippen molar-refractivity contribution in [2.75, 3.05) is 54.1 Å². The van der Waals surface area contributed by atoms with Gasteiger partial charge in [-0.15, -0.1) is 0 Å². The second kappa shape index (κ2) is 11.6. The number of rotatable bonds is 9. The molecule has 0 amide bonds. The molecule has 0 bridgehead atoms. The number of hydrogen-bond donors (Lipinski definition) is 2. The Balaban J connectivity index is 1.96. The van der Waals surface area contributed by atoms with Crippen LogP contribution in [0.4, 0.5) is 0 Å². The number of nitrogens with zero attached hydrogens (tertiary/aromatic N) is 2. The van der Waals surface area contributed by atoms with E-state index in [-0.39, 0.29) is 0 Å². The van der Waals surface area contributed by atoms with Crippen LogP contribution in [0.25, 0.3) is 0 Å². The summed E-state index contributed by atoms with van der Waals surface area (Å²) in [6.45, 7) is 10.1. The van der Waals surface area contributed by atoms with Gasteiger partial charge in [-0.1, -0.05) is 6.92 Å². The smallest absolute Gasteiger partial charge is 0.203 e. The zero-order valence-electron chi connectivity index (χ0n) is 18.0. The zero-order valence-corrected chi connectivity index (χ0v) is 18.0. The van der Waals surface area contributed by atoms with Crippen LogP contribution in [0.1, 0.15) is 32.3 Å². The standard InChI is InChI=1S/C21H36N4O3/c1-6-22-21(23-9-12-25-10-7-16(2)8-11-25)24-15-17-13-18(26-3)20(28-5)19(14-17)27-4/h13-14,16H,6-12,15H2,1-5H3,(H2,22,23,24). The van der Waals surface area contributed by atoms with Crippen LogP contribution in [0, 0.1) is 5.92 Å². The maximum atomic E-state index is 5.42. The minimum Gasteiger partial charge on any atom is -0.493 e. The van der Waals surface area contributed by atoms with E-state index in [4.69, 9.17) is 19.2 Å². The van der Waals surface area contributed by atoms with E-state index in [9.17, 15) is 0 Å². The third kappa shape index (κ3) is 6.48. The Morgan fingerprint density at radius 3 is 2.25 bits per heavy atom. The molecule has 0 radical (unpaired) electrons. The molecule has 0 aliphatic carbocycles. The minimum absolute atomic E-state index is 0.521. The summed E-state index contributed by atoms with van der Waals surface area (Å²) in [5, 5.41) is 6.75. The van der Waals surface area contributed by atoms with Crippen LogP contribution in [-0.2, 0) is 6.54 Å².